The first-order chi connectivity index (χ1) is 14.9. The van der Waals surface area contributed by atoms with Crippen molar-refractivity contribution >= 4 is 21.5 Å². The number of nitrogens with zero attached hydrogens (tertiary/aromatic N) is 2. The molecule has 1 heterocycles. The molecule has 0 amide bonds. The molecule has 4 rings (SSSR count). The Balaban J connectivity index is 1.52. The summed E-state index contributed by atoms with van der Waals surface area (Å²) in [4.78, 5) is 23.1. The van der Waals surface area contributed by atoms with Crippen LogP contribution in [0.25, 0.3) is 0 Å². The molecule has 1 aliphatic carbocycles. The van der Waals surface area contributed by atoms with Crippen LogP contribution in [0.5, 0.6) is 5.75 Å². The van der Waals surface area contributed by atoms with E-state index in [-0.39, 0.29) is 49.3 Å². The summed E-state index contributed by atoms with van der Waals surface area (Å²) in [6.07, 6.45) is 3.00. The largest absolute Gasteiger partial charge is 0.478 e. The van der Waals surface area contributed by atoms with Crippen molar-refractivity contribution in [3.63, 3.8) is 0 Å². The number of hydrogen-bond acceptors (Lipinski definition) is 7. The van der Waals surface area contributed by atoms with Crippen LogP contribution in [0.4, 0.5) is 5.69 Å². The van der Waals surface area contributed by atoms with E-state index >= 15 is 0 Å². The zero-order valence-corrected chi connectivity index (χ0v) is 17.6. The summed E-state index contributed by atoms with van der Waals surface area (Å²) in [5, 5.41) is 11.5. The molecule has 0 saturated carbocycles. The Labute approximate surface area is 179 Å². The van der Waals surface area contributed by atoms with Crippen LogP contribution in [-0.4, -0.2) is 56.3 Å². The number of ketones is 1. The molecule has 0 spiro atoms. The molecule has 1 fully saturated rings. The summed E-state index contributed by atoms with van der Waals surface area (Å²) in [7, 11) is -3.89. The maximum atomic E-state index is 12.8. The summed E-state index contributed by atoms with van der Waals surface area (Å²) in [6, 6.07) is 8.97. The van der Waals surface area contributed by atoms with Gasteiger partial charge >= 0.3 is 5.69 Å². The van der Waals surface area contributed by atoms with Crippen molar-refractivity contribution in [3.05, 3.63) is 63.2 Å². The lowest BCUT2D eigenvalue weighted by atomic mass is 10.0. The van der Waals surface area contributed by atoms with Crippen LogP contribution in [0, 0.1) is 10.1 Å². The molecule has 0 atom stereocenters. The second-order valence-corrected chi connectivity index (χ2v) is 9.39. The van der Waals surface area contributed by atoms with Gasteiger partial charge in [0.2, 0.25) is 10.0 Å². The van der Waals surface area contributed by atoms with Gasteiger partial charge < -0.3 is 9.47 Å². The molecule has 1 aliphatic heterocycles. The van der Waals surface area contributed by atoms with E-state index in [2.05, 4.69) is 0 Å². The van der Waals surface area contributed by atoms with Gasteiger partial charge in [0.25, 0.3) is 0 Å². The van der Waals surface area contributed by atoms with Crippen molar-refractivity contribution in [1.82, 2.24) is 4.31 Å². The number of benzene rings is 2. The van der Waals surface area contributed by atoms with Gasteiger partial charge in [0.15, 0.2) is 18.1 Å². The van der Waals surface area contributed by atoms with Gasteiger partial charge in [0.05, 0.1) is 23.0 Å². The lowest BCUT2D eigenvalue weighted by molar-refractivity contribution is -0.386. The van der Waals surface area contributed by atoms with Crippen molar-refractivity contribution < 1.29 is 27.6 Å². The molecule has 0 unspecified atom stereocenters. The van der Waals surface area contributed by atoms with Crippen LogP contribution in [0.3, 0.4) is 0 Å². The highest BCUT2D eigenvalue weighted by atomic mass is 32.2. The topological polar surface area (TPSA) is 116 Å². The predicted molar refractivity (Wildman–Crippen MR) is 111 cm³/mol. The number of nitro benzene ring substituents is 1. The summed E-state index contributed by atoms with van der Waals surface area (Å²) >= 11 is 0. The normalized spacial score (nSPS) is 16.6. The second kappa shape index (κ2) is 8.74. The van der Waals surface area contributed by atoms with Gasteiger partial charge in [-0.05, 0) is 48.6 Å². The summed E-state index contributed by atoms with van der Waals surface area (Å²) in [6.45, 7) is 0.531. The minimum atomic E-state index is -3.89. The molecule has 2 aromatic rings. The number of morpholine rings is 1. The van der Waals surface area contributed by atoms with Crippen molar-refractivity contribution in [3.8, 4) is 5.75 Å². The van der Waals surface area contributed by atoms with Crippen LogP contribution >= 0.6 is 0 Å². The standard InChI is InChI=1S/C21H22N2O7S/c24-20(17-5-4-15-2-1-3-16(15)12-17)14-30-21-7-6-18(13-19(21)23(25)26)31(27,28)22-8-10-29-11-9-22/h4-7,12-13H,1-3,8-11,14H2. The van der Waals surface area contributed by atoms with Crippen molar-refractivity contribution in [2.45, 2.75) is 24.2 Å². The van der Waals surface area contributed by atoms with Gasteiger partial charge in [-0.3, -0.25) is 14.9 Å². The number of rotatable bonds is 7. The quantitative estimate of drug-likeness (QED) is 0.364. The van der Waals surface area contributed by atoms with Gasteiger partial charge in [0.1, 0.15) is 0 Å². The Morgan fingerprint density at radius 3 is 2.58 bits per heavy atom. The molecule has 2 aromatic carbocycles. The summed E-state index contributed by atoms with van der Waals surface area (Å²) < 4.78 is 37.4. The predicted octanol–water partition coefficient (Wildman–Crippen LogP) is 2.37. The van der Waals surface area contributed by atoms with E-state index < -0.39 is 20.6 Å². The summed E-state index contributed by atoms with van der Waals surface area (Å²) in [5.41, 5.74) is 2.38. The van der Waals surface area contributed by atoms with Gasteiger partial charge in [-0.15, -0.1) is 0 Å². The maximum Gasteiger partial charge on any atom is 0.312 e. The third-order valence-corrected chi connectivity index (χ3v) is 7.41. The van der Waals surface area contributed by atoms with Gasteiger partial charge in [-0.25, -0.2) is 8.42 Å². The number of hydrogen-bond donors (Lipinski definition) is 0. The van der Waals surface area contributed by atoms with Crippen LogP contribution in [0.2, 0.25) is 0 Å². The zero-order valence-electron chi connectivity index (χ0n) is 16.8. The Kier molecular flexibility index (Phi) is 6.03. The van der Waals surface area contributed by atoms with E-state index in [4.69, 9.17) is 9.47 Å². The van der Waals surface area contributed by atoms with Crippen molar-refractivity contribution in [2.75, 3.05) is 32.9 Å². The maximum absolute atomic E-state index is 12.8. The van der Waals surface area contributed by atoms with Crippen LogP contribution in [0.15, 0.2) is 41.3 Å². The first-order valence-corrected chi connectivity index (χ1v) is 11.4. The highest BCUT2D eigenvalue weighted by Gasteiger charge is 2.29. The van der Waals surface area contributed by atoms with E-state index in [0.717, 1.165) is 30.9 Å². The van der Waals surface area contributed by atoms with E-state index in [9.17, 15) is 23.3 Å². The molecule has 1 saturated heterocycles. The Hall–Kier alpha value is -2.82. The van der Waals surface area contributed by atoms with Gasteiger partial charge in [-0.1, -0.05) is 12.1 Å². The number of carbonyl (C=O) groups is 1. The molecule has 10 heteroatoms. The Morgan fingerprint density at radius 1 is 1.10 bits per heavy atom. The molecule has 164 valence electrons. The van der Waals surface area contributed by atoms with Crippen LogP contribution < -0.4 is 4.74 Å². The average Bonchev–Trinajstić information content (AvgIpc) is 3.25. The SMILES string of the molecule is O=C(COc1ccc(S(=O)(=O)N2CCOCC2)cc1[N+](=O)[O-])c1ccc2c(c1)CCC2. The van der Waals surface area contributed by atoms with Crippen LogP contribution in [0.1, 0.15) is 27.9 Å². The highest BCUT2D eigenvalue weighted by Crippen LogP contribution is 2.31. The fourth-order valence-corrected chi connectivity index (χ4v) is 5.26. The van der Waals surface area contributed by atoms with Crippen LogP contribution in [-0.2, 0) is 27.6 Å². The average molecular weight is 446 g/mol. The lowest BCUT2D eigenvalue weighted by Crippen LogP contribution is -2.40. The fraction of sp³-hybridized carbons (Fsp3) is 0.381. The molecular formula is C21H22N2O7S. The first kappa shape index (κ1) is 21.4. The first-order valence-electron chi connectivity index (χ1n) is 10.0. The minimum absolute atomic E-state index is 0.152. The third kappa shape index (κ3) is 4.46. The number of Topliss-reactive ketones (excluding diaryl/α,β-unsaturated/α-hetero) is 1. The smallest absolute Gasteiger partial charge is 0.312 e. The van der Waals surface area contributed by atoms with Gasteiger partial charge in [0, 0.05) is 24.7 Å². The highest BCUT2D eigenvalue weighted by molar-refractivity contribution is 7.89. The fourth-order valence-electron chi connectivity index (χ4n) is 3.83. The number of ether oxygens (including phenoxy) is 2. The second-order valence-electron chi connectivity index (χ2n) is 7.45. The van der Waals surface area contributed by atoms with E-state index in [1.54, 1.807) is 6.07 Å². The third-order valence-electron chi connectivity index (χ3n) is 5.51. The number of nitro groups is 1. The molecule has 2 aliphatic rings. The number of carbonyl (C=O) groups excluding carboxylic acids is 1. The molecule has 0 N–H and O–H groups in total. The van der Waals surface area contributed by atoms with E-state index in [0.29, 0.717) is 5.56 Å². The monoisotopic (exact) mass is 446 g/mol. The molecule has 31 heavy (non-hydrogen) atoms. The molecule has 0 radical (unpaired) electrons. The number of fused-ring (bicyclic) bond motifs is 1. The Bertz CT molecular complexity index is 1120. The summed E-state index contributed by atoms with van der Waals surface area (Å²) in [5.74, 6) is -0.450. The Morgan fingerprint density at radius 2 is 1.84 bits per heavy atom. The molecule has 0 bridgehead atoms. The molecular weight excluding hydrogens is 424 g/mol. The zero-order chi connectivity index (χ0) is 22.0. The van der Waals surface area contributed by atoms with E-state index in [1.807, 2.05) is 12.1 Å². The van der Waals surface area contributed by atoms with Crippen molar-refractivity contribution in [2.24, 2.45) is 0 Å². The van der Waals surface area contributed by atoms with E-state index in [1.165, 1.54) is 22.0 Å². The number of sulfonamides is 1. The molecule has 0 aromatic heterocycles. The van der Waals surface area contributed by atoms with Gasteiger partial charge in [-0.2, -0.15) is 4.31 Å². The van der Waals surface area contributed by atoms with Crippen molar-refractivity contribution in [1.29, 1.82) is 0 Å². The lowest BCUT2D eigenvalue weighted by Gasteiger charge is -2.26. The molecule has 9 nitrogen and oxygen atoms in total. The number of aryl methyl sites for hydroxylation is 2. The minimum Gasteiger partial charge on any atom is -0.478 e.